The van der Waals surface area contributed by atoms with Crippen LogP contribution in [-0.4, -0.2) is 238 Å². The van der Waals surface area contributed by atoms with E-state index >= 15 is 33.6 Å². The van der Waals surface area contributed by atoms with Crippen molar-refractivity contribution in [3.05, 3.63) is 205 Å². The molecule has 15 rings (SSSR count). The molecule has 119 heavy (non-hydrogen) atoms. The van der Waals surface area contributed by atoms with Crippen molar-refractivity contribution in [1.29, 1.82) is 0 Å². The molecule has 0 spiro atoms. The van der Waals surface area contributed by atoms with E-state index in [0.717, 1.165) is 55.0 Å². The van der Waals surface area contributed by atoms with Gasteiger partial charge in [-0.1, -0.05) is 30.3 Å². The Morgan fingerprint density at radius 3 is 1.13 bits per heavy atom. The standard InChI is InChI=1S/C90H107N17O12/c1-5-105(6-2)61-19-21-65-77(47-61)119-78-48-62(106(7-3)8-4)20-22-66(78)79(65)63-17-9-10-18-64(63)90(118)107-49-75(103-88(116)59-43-55-41-56(44-59)85(113)100-72-28-36-92-32-24-68(72)96-81(109)52-14-11-13-51(39-52)80(108)95-67-23-31-91-35-27-71(67)99-84(55)112)76(50-107)104-89(117)60-45-57-42-58(46-60)87(115)102-74-30-38-94-34-26-70(74)98-83(111)54-16-12-15-53(40-54)82(110)97-69-25-33-93-37-29-73(69)101-86(57)114/h9-19,21,39-47,67-76,78,91-94H,5-8,20,22-38,48-50H2,1-4H3,(H9-,95,96,97,98,99,100,101,102,103,104,108,109,110,111,112,113,114,115,116,117)/p+1/t67-,68-,69-,70-,71-,72-,73-,74-,75-,76-,78?/m0/s1. The molecule has 0 radical (unpaired) electrons. The van der Waals surface area contributed by atoms with Gasteiger partial charge in [0.2, 0.25) is 0 Å². The summed E-state index contributed by atoms with van der Waals surface area (Å²) in [5, 5.41) is 44.7. The number of hydrogen-bond donors (Lipinski definition) is 14. The molecule has 6 aromatic carbocycles. The smallest absolute Gasteiger partial charge is 0.254 e. The van der Waals surface area contributed by atoms with Crippen LogP contribution in [-0.2, 0) is 0 Å². The van der Waals surface area contributed by atoms with Gasteiger partial charge in [-0.2, -0.15) is 0 Å². The number of nitrogens with zero attached hydrogens (tertiary/aromatic N) is 3. The Bertz CT molecular complexity index is 4620. The summed E-state index contributed by atoms with van der Waals surface area (Å²) in [4.78, 5) is 169. The van der Waals surface area contributed by atoms with Crippen LogP contribution in [0.2, 0.25) is 0 Å². The van der Waals surface area contributed by atoms with Crippen LogP contribution >= 0.6 is 0 Å². The number of ether oxygens (including phenoxy) is 1. The highest BCUT2D eigenvalue weighted by atomic mass is 16.5. The normalized spacial score (nSPS) is 25.1. The van der Waals surface area contributed by atoms with Crippen molar-refractivity contribution in [3.63, 3.8) is 0 Å². The molecule has 1 unspecified atom stereocenters. The van der Waals surface area contributed by atoms with Crippen LogP contribution in [0.1, 0.15) is 223 Å². The first-order valence-corrected chi connectivity index (χ1v) is 42.5. The maximum Gasteiger partial charge on any atom is 0.254 e. The van der Waals surface area contributed by atoms with Gasteiger partial charge in [-0.25, -0.2) is 4.58 Å². The number of amides is 11. The van der Waals surface area contributed by atoms with Crippen molar-refractivity contribution in [2.24, 2.45) is 0 Å². The molecule has 6 fully saturated rings. The van der Waals surface area contributed by atoms with E-state index in [1.165, 1.54) is 54.2 Å². The molecule has 624 valence electrons. The molecular weight excluding hydrogens is 1510 g/mol. The summed E-state index contributed by atoms with van der Waals surface area (Å²) >= 11 is 0. The van der Waals surface area contributed by atoms with Gasteiger partial charge in [0, 0.05) is 111 Å². The molecule has 29 heteroatoms. The molecule has 1 saturated carbocycles. The zero-order chi connectivity index (χ0) is 83.0. The number of benzene rings is 6. The number of carbonyl (C=O) groups excluding carboxylic acids is 11. The largest absolute Gasteiger partial charge is 0.485 e. The van der Waals surface area contributed by atoms with Crippen molar-refractivity contribution in [2.75, 3.05) is 96.5 Å². The van der Waals surface area contributed by atoms with Gasteiger partial charge in [-0.15, -0.1) is 0 Å². The zero-order valence-electron chi connectivity index (χ0n) is 67.9. The van der Waals surface area contributed by atoms with Crippen molar-refractivity contribution in [3.8, 4) is 5.75 Å². The van der Waals surface area contributed by atoms with Gasteiger partial charge in [0.1, 0.15) is 24.9 Å². The Morgan fingerprint density at radius 1 is 0.412 bits per heavy atom. The van der Waals surface area contributed by atoms with E-state index in [-0.39, 0.29) is 74.8 Å². The minimum Gasteiger partial charge on any atom is -0.485 e. The summed E-state index contributed by atoms with van der Waals surface area (Å²) in [6.45, 7) is 15.3. The van der Waals surface area contributed by atoms with E-state index in [0.29, 0.717) is 133 Å². The van der Waals surface area contributed by atoms with Gasteiger partial charge in [-0.05, 0) is 246 Å². The monoisotopic (exact) mass is 1620 g/mol. The third-order valence-electron chi connectivity index (χ3n) is 25.1. The van der Waals surface area contributed by atoms with Gasteiger partial charge in [0.25, 0.3) is 65.0 Å². The van der Waals surface area contributed by atoms with Crippen LogP contribution < -0.4 is 84.1 Å². The second-order valence-electron chi connectivity index (χ2n) is 32.4. The van der Waals surface area contributed by atoms with Crippen molar-refractivity contribution >= 4 is 82.0 Å². The first-order valence-electron chi connectivity index (χ1n) is 42.5. The minimum atomic E-state index is -1.13. The summed E-state index contributed by atoms with van der Waals surface area (Å²) in [6.07, 6.45) is 4.97. The summed E-state index contributed by atoms with van der Waals surface area (Å²) in [6, 6.07) is 27.5. The Hall–Kier alpha value is -11.7. The maximum atomic E-state index is 16.2. The molecule has 5 saturated heterocycles. The van der Waals surface area contributed by atoms with E-state index in [9.17, 15) is 19.2 Å². The number of rotatable bonds is 11. The van der Waals surface area contributed by atoms with Crippen molar-refractivity contribution < 1.29 is 62.1 Å². The molecule has 11 amide bonds. The molecule has 11 atom stereocenters. The van der Waals surface area contributed by atoms with E-state index in [1.807, 2.05) is 12.1 Å². The van der Waals surface area contributed by atoms with E-state index in [4.69, 9.17) is 4.74 Å². The molecule has 1 aliphatic carbocycles. The van der Waals surface area contributed by atoms with Gasteiger partial charge in [-0.3, -0.25) is 52.7 Å². The molecule has 8 bridgehead atoms. The average Bonchev–Trinajstić information content (AvgIpc) is 1.28. The highest BCUT2D eigenvalue weighted by Gasteiger charge is 2.43. The Kier molecular flexibility index (Phi) is 25.7. The number of anilines is 1. The van der Waals surface area contributed by atoms with Crippen LogP contribution in [0.5, 0.6) is 5.75 Å². The lowest BCUT2D eigenvalue weighted by atomic mass is 9.79. The predicted octanol–water partition coefficient (Wildman–Crippen LogP) is 4.57. The second kappa shape index (κ2) is 37.1. The van der Waals surface area contributed by atoms with Gasteiger partial charge in [0.05, 0.1) is 66.8 Å². The zero-order valence-corrected chi connectivity index (χ0v) is 67.9. The molecule has 6 aromatic rings. The highest BCUT2D eigenvalue weighted by Crippen LogP contribution is 2.47. The fraction of sp³-hybridized carbons (Fsp3) is 0.444. The average molecular weight is 1620 g/mol. The summed E-state index contributed by atoms with van der Waals surface area (Å²) in [5.41, 5.74) is 6.54. The first-order chi connectivity index (χ1) is 57.8. The van der Waals surface area contributed by atoms with Crippen molar-refractivity contribution in [1.82, 2.24) is 79.3 Å². The highest BCUT2D eigenvalue weighted by molar-refractivity contribution is 6.09. The molecule has 0 aromatic heterocycles. The number of fused-ring (bicyclic) bond motifs is 14. The number of nitrogens with one attached hydrogen (secondary N) is 14. The third kappa shape index (κ3) is 18.6. The molecule has 8 aliphatic heterocycles. The van der Waals surface area contributed by atoms with Crippen LogP contribution in [0.3, 0.4) is 0 Å². The van der Waals surface area contributed by atoms with Crippen LogP contribution in [0.25, 0.3) is 5.57 Å². The topological polar surface area (TPSA) is 375 Å². The summed E-state index contributed by atoms with van der Waals surface area (Å²) in [7, 11) is 0. The SMILES string of the molecule is CCN(CC)c1ccc2c(c1)OC1CC(=[N+](CC)CC)CCC1=C2c1ccccc1C(=O)N1C[C@H](NC(=O)c2cc3cc(c2)C(=O)N[C@H]2CCNCC[C@@H]2NC(=O)c2cccc(c2)C(=O)N[C@H]2CCNCC[C@@H]2NC3=O)[C@@H](NC(=O)c2cc3cc(c2)C(=O)N[C@H]2CCNCC[C@@H]2NC(=O)c2cccc(c2)C(=O)N[C@H]2CCNCC[C@@H]2NC3=O)C1. The van der Waals surface area contributed by atoms with Gasteiger partial charge in [0.15, 0.2) is 5.71 Å². The molecule has 14 N–H and O–H groups in total. The predicted molar refractivity (Wildman–Crippen MR) is 450 cm³/mol. The first kappa shape index (κ1) is 82.4. The van der Waals surface area contributed by atoms with E-state index in [1.54, 1.807) is 53.4 Å². The quantitative estimate of drug-likeness (QED) is 0.0790. The van der Waals surface area contributed by atoms with Crippen LogP contribution in [0.4, 0.5) is 5.69 Å². The number of carbonyl (C=O) groups is 11. The summed E-state index contributed by atoms with van der Waals surface area (Å²) < 4.78 is 9.47. The Balaban J connectivity index is 0.804. The Morgan fingerprint density at radius 2 is 0.765 bits per heavy atom. The number of hydrogen-bond acceptors (Lipinski definition) is 17. The lowest BCUT2D eigenvalue weighted by Crippen LogP contribution is -2.52. The third-order valence-corrected chi connectivity index (χ3v) is 25.1. The minimum absolute atomic E-state index is 0.0624. The second-order valence-corrected chi connectivity index (χ2v) is 32.4. The Labute approximate surface area is 692 Å². The molecule has 29 nitrogen and oxygen atoms in total. The lowest BCUT2D eigenvalue weighted by molar-refractivity contribution is -0.523. The lowest BCUT2D eigenvalue weighted by Gasteiger charge is -2.36. The molecule has 8 heterocycles. The number of likely N-dealkylation sites (tertiary alicyclic amines) is 1. The fourth-order valence-electron chi connectivity index (χ4n) is 18.5. The van der Waals surface area contributed by atoms with Gasteiger partial charge < -0.3 is 89.0 Å². The molecular formula is C90H108N17O12+. The van der Waals surface area contributed by atoms with Crippen molar-refractivity contribution in [2.45, 2.75) is 165 Å². The van der Waals surface area contributed by atoms with Gasteiger partial charge >= 0.3 is 0 Å². The van der Waals surface area contributed by atoms with Crippen LogP contribution in [0, 0.1) is 0 Å². The van der Waals surface area contributed by atoms with Crippen LogP contribution in [0.15, 0.2) is 133 Å². The summed E-state index contributed by atoms with van der Waals surface area (Å²) in [5.74, 6) is -5.65. The van der Waals surface area contributed by atoms with E-state index in [2.05, 4.69) is 130 Å². The maximum absolute atomic E-state index is 16.2. The van der Waals surface area contributed by atoms with E-state index < -0.39 is 125 Å². The molecule has 9 aliphatic rings. The fourth-order valence-corrected chi connectivity index (χ4v) is 18.5.